The Labute approximate surface area is 120 Å². The Bertz CT molecular complexity index is 518. The molecule has 0 atom stereocenters. The summed E-state index contributed by atoms with van der Waals surface area (Å²) >= 11 is 3.32. The molecule has 1 saturated carbocycles. The molecule has 104 valence electrons. The second-order valence-electron chi connectivity index (χ2n) is 4.74. The summed E-state index contributed by atoms with van der Waals surface area (Å²) in [5, 5.41) is 7.34. The molecule has 1 N–H and O–H groups in total. The summed E-state index contributed by atoms with van der Waals surface area (Å²) in [4.78, 5) is 12.0. The first-order chi connectivity index (χ1) is 9.12. The van der Waals surface area contributed by atoms with Crippen LogP contribution in [0.2, 0.25) is 0 Å². The van der Waals surface area contributed by atoms with Gasteiger partial charge in [0.15, 0.2) is 0 Å². The van der Waals surface area contributed by atoms with E-state index < -0.39 is 0 Å². The Balaban J connectivity index is 2.11. The zero-order valence-corrected chi connectivity index (χ0v) is 12.6. The number of halogens is 1. The van der Waals surface area contributed by atoms with Gasteiger partial charge >= 0.3 is 0 Å². The molecule has 0 amide bonds. The first-order valence-corrected chi connectivity index (χ1v) is 7.07. The van der Waals surface area contributed by atoms with Crippen molar-refractivity contribution in [1.29, 1.82) is 0 Å². The number of nitrogens with one attached hydrogen (secondary N) is 1. The van der Waals surface area contributed by atoms with Gasteiger partial charge in [0.1, 0.15) is 4.47 Å². The highest BCUT2D eigenvalue weighted by molar-refractivity contribution is 9.10. The molecule has 19 heavy (non-hydrogen) atoms. The molecule has 1 aliphatic carbocycles. The number of nitrogens with zero attached hydrogens (tertiary/aromatic N) is 2. The van der Waals surface area contributed by atoms with Gasteiger partial charge in [-0.1, -0.05) is 6.08 Å². The van der Waals surface area contributed by atoms with Crippen LogP contribution in [0.3, 0.4) is 0 Å². The van der Waals surface area contributed by atoms with E-state index in [-0.39, 0.29) is 11.2 Å². The summed E-state index contributed by atoms with van der Waals surface area (Å²) in [5.41, 5.74) is 0.453. The second kappa shape index (κ2) is 5.88. The monoisotopic (exact) mass is 327 g/mol. The minimum atomic E-state index is -0.162. The summed E-state index contributed by atoms with van der Waals surface area (Å²) in [7, 11) is 1.73. The topological polar surface area (TPSA) is 56.1 Å². The van der Waals surface area contributed by atoms with Gasteiger partial charge in [0, 0.05) is 13.7 Å². The van der Waals surface area contributed by atoms with Crippen LogP contribution in [0.1, 0.15) is 19.3 Å². The van der Waals surface area contributed by atoms with Crippen molar-refractivity contribution < 1.29 is 4.74 Å². The van der Waals surface area contributed by atoms with Crippen LogP contribution in [0.25, 0.3) is 0 Å². The van der Waals surface area contributed by atoms with Crippen molar-refractivity contribution in [3.05, 3.63) is 33.7 Å². The molecule has 6 heteroatoms. The number of allylic oxidation sites excluding steroid dienone is 1. The Hall–Kier alpha value is -1.14. The third-order valence-corrected chi connectivity index (χ3v) is 4.35. The van der Waals surface area contributed by atoms with E-state index >= 15 is 0 Å². The van der Waals surface area contributed by atoms with Crippen molar-refractivity contribution in [2.24, 2.45) is 0 Å². The Morgan fingerprint density at radius 2 is 2.42 bits per heavy atom. The molecular weight excluding hydrogens is 310 g/mol. The summed E-state index contributed by atoms with van der Waals surface area (Å²) in [6.45, 7) is 4.69. The molecule has 0 unspecified atom stereocenters. The number of aromatic nitrogens is 2. The fraction of sp³-hybridized carbons (Fsp3) is 0.538. The van der Waals surface area contributed by atoms with Crippen LogP contribution >= 0.6 is 15.9 Å². The maximum atomic E-state index is 12.0. The fourth-order valence-corrected chi connectivity index (χ4v) is 2.57. The van der Waals surface area contributed by atoms with Gasteiger partial charge in [-0.2, -0.15) is 5.10 Å². The van der Waals surface area contributed by atoms with Crippen LogP contribution in [0, 0.1) is 0 Å². The first-order valence-electron chi connectivity index (χ1n) is 6.27. The van der Waals surface area contributed by atoms with Gasteiger partial charge in [0.05, 0.1) is 24.0 Å². The number of ether oxygens (including phenoxy) is 1. The molecule has 0 aliphatic heterocycles. The Morgan fingerprint density at radius 1 is 1.68 bits per heavy atom. The number of methoxy groups -OCH3 is 1. The third kappa shape index (κ3) is 2.90. The maximum Gasteiger partial charge on any atom is 0.283 e. The zero-order chi connectivity index (χ0) is 13.9. The lowest BCUT2D eigenvalue weighted by Gasteiger charge is -2.40. The highest BCUT2D eigenvalue weighted by Crippen LogP contribution is 2.35. The van der Waals surface area contributed by atoms with Crippen LogP contribution in [0.15, 0.2) is 28.1 Å². The predicted octanol–water partition coefficient (Wildman–Crippen LogP) is 2.17. The van der Waals surface area contributed by atoms with E-state index in [4.69, 9.17) is 4.74 Å². The van der Waals surface area contributed by atoms with Gasteiger partial charge < -0.3 is 10.1 Å². The Kier molecular flexibility index (Phi) is 4.42. The van der Waals surface area contributed by atoms with Gasteiger partial charge in [-0.3, -0.25) is 4.79 Å². The average Bonchev–Trinajstić information content (AvgIpc) is 2.37. The van der Waals surface area contributed by atoms with E-state index in [0.29, 0.717) is 23.2 Å². The minimum Gasteiger partial charge on any atom is -0.380 e. The first kappa shape index (κ1) is 14.3. The molecule has 0 spiro atoms. The predicted molar refractivity (Wildman–Crippen MR) is 78.5 cm³/mol. The Morgan fingerprint density at radius 3 is 2.95 bits per heavy atom. The SMILES string of the molecule is C=CCn1ncc(NCC2(OC)CCC2)c(Br)c1=O. The van der Waals surface area contributed by atoms with Gasteiger partial charge in [-0.05, 0) is 35.2 Å². The quantitative estimate of drug-likeness (QED) is 0.813. The maximum absolute atomic E-state index is 12.0. The van der Waals surface area contributed by atoms with Crippen molar-refractivity contribution in [2.45, 2.75) is 31.4 Å². The lowest BCUT2D eigenvalue weighted by molar-refractivity contribution is -0.0601. The molecule has 1 heterocycles. The van der Waals surface area contributed by atoms with Gasteiger partial charge in [-0.25, -0.2) is 4.68 Å². The summed E-state index contributed by atoms with van der Waals surface area (Å²) in [6, 6.07) is 0. The van der Waals surface area contributed by atoms with E-state index in [1.54, 1.807) is 19.4 Å². The zero-order valence-electron chi connectivity index (χ0n) is 11.0. The molecule has 2 rings (SSSR count). The van der Waals surface area contributed by atoms with E-state index in [2.05, 4.69) is 32.9 Å². The van der Waals surface area contributed by atoms with Crippen LogP contribution in [-0.4, -0.2) is 29.0 Å². The van der Waals surface area contributed by atoms with E-state index in [0.717, 1.165) is 12.8 Å². The van der Waals surface area contributed by atoms with Crippen LogP contribution in [-0.2, 0) is 11.3 Å². The molecule has 0 bridgehead atoms. The van der Waals surface area contributed by atoms with Crippen molar-refractivity contribution in [1.82, 2.24) is 9.78 Å². The standard InChI is InChI=1S/C13H18BrN3O2/c1-3-7-17-12(18)11(14)10(8-16-17)15-9-13(19-2)5-4-6-13/h3,8,15H,1,4-7,9H2,2H3. The van der Waals surface area contributed by atoms with Gasteiger partial charge in [-0.15, -0.1) is 6.58 Å². The van der Waals surface area contributed by atoms with Crippen molar-refractivity contribution >= 4 is 21.6 Å². The van der Waals surface area contributed by atoms with Crippen molar-refractivity contribution in [3.63, 3.8) is 0 Å². The molecule has 1 fully saturated rings. The lowest BCUT2D eigenvalue weighted by atomic mass is 9.80. The number of hydrogen-bond donors (Lipinski definition) is 1. The summed E-state index contributed by atoms with van der Waals surface area (Å²) in [5.74, 6) is 0. The number of anilines is 1. The van der Waals surface area contributed by atoms with Crippen LogP contribution in [0.4, 0.5) is 5.69 Å². The molecule has 1 aliphatic rings. The van der Waals surface area contributed by atoms with Gasteiger partial charge in [0.25, 0.3) is 5.56 Å². The van der Waals surface area contributed by atoms with E-state index in [9.17, 15) is 4.79 Å². The van der Waals surface area contributed by atoms with E-state index in [1.165, 1.54) is 11.1 Å². The highest BCUT2D eigenvalue weighted by atomic mass is 79.9. The molecule has 1 aromatic heterocycles. The lowest BCUT2D eigenvalue weighted by Crippen LogP contribution is -2.45. The summed E-state index contributed by atoms with van der Waals surface area (Å²) in [6.07, 6.45) is 6.58. The second-order valence-corrected chi connectivity index (χ2v) is 5.54. The van der Waals surface area contributed by atoms with Crippen LogP contribution in [0.5, 0.6) is 0 Å². The normalized spacial score (nSPS) is 16.7. The molecule has 0 aromatic carbocycles. The molecule has 0 saturated heterocycles. The van der Waals surface area contributed by atoms with Crippen LogP contribution < -0.4 is 10.9 Å². The average molecular weight is 328 g/mol. The molecule has 0 radical (unpaired) electrons. The third-order valence-electron chi connectivity index (χ3n) is 3.59. The molecule has 1 aromatic rings. The van der Waals surface area contributed by atoms with Crippen molar-refractivity contribution in [2.75, 3.05) is 19.0 Å². The summed E-state index contributed by atoms with van der Waals surface area (Å²) < 4.78 is 7.39. The molecular formula is C13H18BrN3O2. The number of rotatable bonds is 6. The van der Waals surface area contributed by atoms with Crippen molar-refractivity contribution in [3.8, 4) is 0 Å². The smallest absolute Gasteiger partial charge is 0.283 e. The molecule has 5 nitrogen and oxygen atoms in total. The number of hydrogen-bond acceptors (Lipinski definition) is 4. The minimum absolute atomic E-state index is 0.0879. The van der Waals surface area contributed by atoms with E-state index in [1.807, 2.05) is 0 Å². The highest BCUT2D eigenvalue weighted by Gasteiger charge is 2.36. The fourth-order valence-electron chi connectivity index (χ4n) is 2.12. The largest absolute Gasteiger partial charge is 0.380 e. The van der Waals surface area contributed by atoms with Gasteiger partial charge in [0.2, 0.25) is 0 Å².